The lowest BCUT2D eigenvalue weighted by molar-refractivity contribution is -0.134. The summed E-state index contributed by atoms with van der Waals surface area (Å²) in [6.45, 7) is 4.55. The van der Waals surface area contributed by atoms with E-state index in [9.17, 15) is 17.6 Å². The Morgan fingerprint density at radius 2 is 1.64 bits per heavy atom. The molecule has 6 heteroatoms. The predicted molar refractivity (Wildman–Crippen MR) is 81.7 cm³/mol. The maximum absolute atomic E-state index is 13.2. The number of carbonyl (C=O) groups excluding carboxylic acids is 1. The average molecular weight is 325 g/mol. The molecule has 3 rings (SSSR count). The molecule has 120 valence electrons. The molecule has 0 N–H and O–H groups in total. The van der Waals surface area contributed by atoms with Crippen LogP contribution in [0.1, 0.15) is 25.8 Å². The minimum atomic E-state index is -3.02. The Morgan fingerprint density at radius 3 is 2.09 bits per heavy atom. The predicted octanol–water partition coefficient (Wildman–Crippen LogP) is 1.75. The molecule has 2 fully saturated rings. The van der Waals surface area contributed by atoms with Crippen molar-refractivity contribution in [2.75, 3.05) is 24.6 Å². The third-order valence-electron chi connectivity index (χ3n) is 5.07. The molecule has 22 heavy (non-hydrogen) atoms. The zero-order valence-electron chi connectivity index (χ0n) is 12.8. The van der Waals surface area contributed by atoms with Crippen molar-refractivity contribution in [3.8, 4) is 0 Å². The van der Waals surface area contributed by atoms with E-state index in [1.807, 2.05) is 13.8 Å². The van der Waals surface area contributed by atoms with Gasteiger partial charge in [-0.2, -0.15) is 0 Å². The monoisotopic (exact) mass is 325 g/mol. The molecule has 0 aromatic heterocycles. The number of sulfone groups is 1. The first-order valence-electron chi connectivity index (χ1n) is 7.44. The number of hydrogen-bond donors (Lipinski definition) is 0. The molecule has 1 saturated carbocycles. The molecule has 1 aromatic carbocycles. The van der Waals surface area contributed by atoms with Crippen LogP contribution in [0.5, 0.6) is 0 Å². The zero-order chi connectivity index (χ0) is 16.2. The van der Waals surface area contributed by atoms with Crippen molar-refractivity contribution in [3.63, 3.8) is 0 Å². The van der Waals surface area contributed by atoms with E-state index in [2.05, 4.69) is 0 Å². The molecule has 1 amide bonds. The molecule has 0 unspecified atom stereocenters. The van der Waals surface area contributed by atoms with Crippen LogP contribution in [-0.4, -0.2) is 43.8 Å². The van der Waals surface area contributed by atoms with Crippen molar-refractivity contribution < 1.29 is 17.6 Å². The van der Waals surface area contributed by atoms with Gasteiger partial charge in [-0.15, -0.1) is 0 Å². The largest absolute Gasteiger partial charge is 0.340 e. The normalized spacial score (nSPS) is 29.1. The summed E-state index contributed by atoms with van der Waals surface area (Å²) < 4.78 is 36.2. The van der Waals surface area contributed by atoms with E-state index >= 15 is 0 Å². The lowest BCUT2D eigenvalue weighted by Gasteiger charge is -2.32. The molecule has 4 nitrogen and oxygen atoms in total. The van der Waals surface area contributed by atoms with Gasteiger partial charge in [0, 0.05) is 13.1 Å². The van der Waals surface area contributed by atoms with E-state index in [0.717, 1.165) is 5.56 Å². The maximum atomic E-state index is 13.2. The van der Waals surface area contributed by atoms with Crippen molar-refractivity contribution in [2.24, 2.45) is 5.41 Å². The fraction of sp³-hybridized carbons (Fsp3) is 0.562. The third-order valence-corrected chi connectivity index (χ3v) is 6.68. The number of nitrogens with zero attached hydrogens (tertiary/aromatic N) is 1. The van der Waals surface area contributed by atoms with Crippen LogP contribution >= 0.6 is 0 Å². The summed E-state index contributed by atoms with van der Waals surface area (Å²) >= 11 is 0. The van der Waals surface area contributed by atoms with Gasteiger partial charge in [0.25, 0.3) is 0 Å². The van der Waals surface area contributed by atoms with Crippen LogP contribution in [-0.2, 0) is 20.0 Å². The van der Waals surface area contributed by atoms with Gasteiger partial charge in [0.15, 0.2) is 9.84 Å². The first-order chi connectivity index (χ1) is 10.2. The first-order valence-corrected chi connectivity index (χ1v) is 9.26. The summed E-state index contributed by atoms with van der Waals surface area (Å²) in [6, 6.07) is 6.09. The topological polar surface area (TPSA) is 54.5 Å². The Kier molecular flexibility index (Phi) is 3.36. The second-order valence-electron chi connectivity index (χ2n) is 6.92. The van der Waals surface area contributed by atoms with E-state index < -0.39 is 15.3 Å². The number of carbonyl (C=O) groups is 1. The lowest BCUT2D eigenvalue weighted by atomic mass is 9.86. The number of benzene rings is 1. The Bertz CT molecular complexity index is 697. The standard InChI is InChI=1S/C16H20FNO3S/c1-15(2)11-16(15,12-3-5-13(17)6-4-12)14(19)18-7-9-22(20,21)10-8-18/h3-6H,7-11H2,1-2H3/t16-/m1/s1. The smallest absolute Gasteiger partial charge is 0.233 e. The van der Waals surface area contributed by atoms with Gasteiger partial charge in [0.2, 0.25) is 5.91 Å². The van der Waals surface area contributed by atoms with Gasteiger partial charge in [0.05, 0.1) is 16.9 Å². The molecule has 1 aliphatic heterocycles. The zero-order valence-corrected chi connectivity index (χ0v) is 13.6. The highest BCUT2D eigenvalue weighted by molar-refractivity contribution is 7.91. The molecule has 1 aliphatic carbocycles. The highest BCUT2D eigenvalue weighted by Gasteiger charge is 2.68. The summed E-state index contributed by atoms with van der Waals surface area (Å²) in [7, 11) is -3.02. The number of rotatable bonds is 2. The van der Waals surface area contributed by atoms with Crippen LogP contribution in [0.25, 0.3) is 0 Å². The average Bonchev–Trinajstić information content (AvgIpc) is 3.03. The minimum absolute atomic E-state index is 0.0265. The molecular formula is C16H20FNO3S. The Labute approximate surface area is 130 Å². The molecule has 1 aromatic rings. The maximum Gasteiger partial charge on any atom is 0.233 e. The van der Waals surface area contributed by atoms with Gasteiger partial charge in [-0.1, -0.05) is 26.0 Å². The first kappa shape index (κ1) is 15.5. The van der Waals surface area contributed by atoms with E-state index in [-0.39, 0.29) is 41.7 Å². The summed E-state index contributed by atoms with van der Waals surface area (Å²) in [5.74, 6) is -0.301. The van der Waals surface area contributed by atoms with Gasteiger partial charge in [-0.3, -0.25) is 4.79 Å². The molecule has 0 spiro atoms. The van der Waals surface area contributed by atoms with Crippen LogP contribution in [0, 0.1) is 11.2 Å². The summed E-state index contributed by atoms with van der Waals surface area (Å²) in [6.07, 6.45) is 0.702. The number of hydrogen-bond acceptors (Lipinski definition) is 3. The second kappa shape index (κ2) is 4.78. The highest BCUT2D eigenvalue weighted by Crippen LogP contribution is 2.65. The van der Waals surface area contributed by atoms with Crippen LogP contribution < -0.4 is 0 Å². The fourth-order valence-corrected chi connectivity index (χ4v) is 4.72. The fourth-order valence-electron chi connectivity index (χ4n) is 3.52. The molecular weight excluding hydrogens is 305 g/mol. The summed E-state index contributed by atoms with van der Waals surface area (Å²) in [5, 5.41) is 0. The van der Waals surface area contributed by atoms with Gasteiger partial charge in [-0.05, 0) is 29.5 Å². The van der Waals surface area contributed by atoms with Crippen LogP contribution in [0.4, 0.5) is 4.39 Å². The van der Waals surface area contributed by atoms with E-state index in [4.69, 9.17) is 0 Å². The number of halogens is 1. The molecule has 1 saturated heterocycles. The van der Waals surface area contributed by atoms with Crippen molar-refractivity contribution in [2.45, 2.75) is 25.7 Å². The molecule has 1 heterocycles. The van der Waals surface area contributed by atoms with Gasteiger partial charge in [0.1, 0.15) is 5.82 Å². The summed E-state index contributed by atoms with van der Waals surface area (Å²) in [4.78, 5) is 14.7. The third kappa shape index (κ3) is 2.33. The van der Waals surface area contributed by atoms with E-state index in [1.54, 1.807) is 17.0 Å². The molecule has 0 bridgehead atoms. The van der Waals surface area contributed by atoms with Crippen molar-refractivity contribution >= 4 is 15.7 Å². The Hall–Kier alpha value is -1.43. The Balaban J connectivity index is 1.90. The molecule has 2 aliphatic rings. The Morgan fingerprint density at radius 1 is 1.14 bits per heavy atom. The van der Waals surface area contributed by atoms with Crippen LogP contribution in [0.2, 0.25) is 0 Å². The van der Waals surface area contributed by atoms with Crippen molar-refractivity contribution in [1.82, 2.24) is 4.90 Å². The molecule has 1 atom stereocenters. The van der Waals surface area contributed by atoms with E-state index in [1.165, 1.54) is 12.1 Å². The highest BCUT2D eigenvalue weighted by atomic mass is 32.2. The SMILES string of the molecule is CC1(C)C[C@]1(C(=O)N1CCS(=O)(=O)CC1)c1ccc(F)cc1. The van der Waals surface area contributed by atoms with Gasteiger partial charge in [-0.25, -0.2) is 12.8 Å². The quantitative estimate of drug-likeness (QED) is 0.832. The van der Waals surface area contributed by atoms with Crippen molar-refractivity contribution in [3.05, 3.63) is 35.6 Å². The number of amides is 1. The second-order valence-corrected chi connectivity index (χ2v) is 9.22. The van der Waals surface area contributed by atoms with E-state index in [0.29, 0.717) is 6.42 Å². The molecule has 0 radical (unpaired) electrons. The van der Waals surface area contributed by atoms with Crippen LogP contribution in [0.3, 0.4) is 0 Å². The van der Waals surface area contributed by atoms with Gasteiger partial charge >= 0.3 is 0 Å². The lowest BCUT2D eigenvalue weighted by Crippen LogP contribution is -2.49. The van der Waals surface area contributed by atoms with Crippen LogP contribution in [0.15, 0.2) is 24.3 Å². The minimum Gasteiger partial charge on any atom is -0.340 e. The summed E-state index contributed by atoms with van der Waals surface area (Å²) in [5.41, 5.74) is -0.0302. The van der Waals surface area contributed by atoms with Crippen molar-refractivity contribution in [1.29, 1.82) is 0 Å². The van der Waals surface area contributed by atoms with Gasteiger partial charge < -0.3 is 4.90 Å².